The fraction of sp³-hybridized carbons (Fsp3) is 0.707. The van der Waals surface area contributed by atoms with E-state index in [0.29, 0.717) is 43.0 Å². The molecule has 4 aliphatic carbocycles. The summed E-state index contributed by atoms with van der Waals surface area (Å²) in [5, 5.41) is 12.5. The number of benzene rings is 2. The molecule has 4 saturated carbocycles. The molecule has 5 heteroatoms. The predicted octanol–water partition coefficient (Wildman–Crippen LogP) is 8.47. The van der Waals surface area contributed by atoms with E-state index in [1.165, 1.54) is 30.4 Å². The van der Waals surface area contributed by atoms with E-state index < -0.39 is 11.4 Å². The molecule has 5 nitrogen and oxygen atoms in total. The third kappa shape index (κ3) is 4.89. The first-order valence-electron chi connectivity index (χ1n) is 18.4. The smallest absolute Gasteiger partial charge is 0.198 e. The molecule has 0 bridgehead atoms. The monoisotopic (exact) mass is 628 g/mol. The fourth-order valence-electron chi connectivity index (χ4n) is 12.3. The van der Waals surface area contributed by atoms with Crippen LogP contribution in [-0.4, -0.2) is 40.4 Å². The summed E-state index contributed by atoms with van der Waals surface area (Å²) in [6.07, 6.45) is 10.1. The standard InChI is InChI=1S/C41H56O5/c1-37(2)20-21-41(46-37)40(5,42)36-33(45-41)23-32-31-17-16-29-22-30(43-25-27-12-8-6-9-13-27)18-19-38(29,3)35(31)34(24-39(32,36)4)44-26-28-14-10-7-11-15-28/h6-15,29-36,42H,16-26H2,1-5H3/t29-,30+,31-,32-,33-,34-,35+,36-,38-,39-,40+,41-/m0/s1. The highest BCUT2D eigenvalue weighted by Gasteiger charge is 2.76. The van der Waals surface area contributed by atoms with Crippen LogP contribution in [0, 0.1) is 40.4 Å². The molecule has 250 valence electrons. The van der Waals surface area contributed by atoms with Crippen molar-refractivity contribution in [1.29, 1.82) is 0 Å². The summed E-state index contributed by atoms with van der Waals surface area (Å²) < 4.78 is 27.3. The second-order valence-electron chi connectivity index (χ2n) is 17.4. The maximum Gasteiger partial charge on any atom is 0.198 e. The molecule has 0 amide bonds. The molecule has 8 rings (SSSR count). The van der Waals surface area contributed by atoms with Gasteiger partial charge in [0.25, 0.3) is 0 Å². The molecular formula is C41H56O5. The lowest BCUT2D eigenvalue weighted by Gasteiger charge is -2.63. The molecule has 2 heterocycles. The Morgan fingerprint density at radius 3 is 2.09 bits per heavy atom. The Morgan fingerprint density at radius 1 is 0.761 bits per heavy atom. The van der Waals surface area contributed by atoms with Crippen LogP contribution in [0.1, 0.15) is 104 Å². The van der Waals surface area contributed by atoms with Crippen molar-refractivity contribution < 1.29 is 24.1 Å². The Bertz CT molecular complexity index is 1390. The third-order valence-corrected chi connectivity index (χ3v) is 14.4. The summed E-state index contributed by atoms with van der Waals surface area (Å²) in [7, 11) is 0. The zero-order valence-electron chi connectivity index (χ0n) is 28.8. The molecule has 1 N–H and O–H groups in total. The van der Waals surface area contributed by atoms with Gasteiger partial charge in [0.05, 0.1) is 37.1 Å². The minimum Gasteiger partial charge on any atom is -0.384 e. The van der Waals surface area contributed by atoms with Crippen molar-refractivity contribution in [2.24, 2.45) is 40.4 Å². The number of aliphatic hydroxyl groups is 1. The summed E-state index contributed by atoms with van der Waals surface area (Å²) in [5.74, 6) is 1.38. The molecule has 2 aromatic rings. The highest BCUT2D eigenvalue weighted by atomic mass is 16.7. The van der Waals surface area contributed by atoms with Crippen LogP contribution in [0.3, 0.4) is 0 Å². The van der Waals surface area contributed by atoms with Crippen LogP contribution in [-0.2, 0) is 32.2 Å². The van der Waals surface area contributed by atoms with Crippen molar-refractivity contribution in [2.75, 3.05) is 0 Å². The van der Waals surface area contributed by atoms with Crippen molar-refractivity contribution in [3.05, 3.63) is 71.8 Å². The van der Waals surface area contributed by atoms with Crippen molar-refractivity contribution in [2.45, 2.75) is 141 Å². The van der Waals surface area contributed by atoms with E-state index >= 15 is 0 Å². The van der Waals surface area contributed by atoms with E-state index in [2.05, 4.69) is 88.4 Å². The second kappa shape index (κ2) is 11.1. The van der Waals surface area contributed by atoms with Crippen LogP contribution >= 0.6 is 0 Å². The SMILES string of the molecule is CC1(C)CC[C@]2(O[C@H]3C[C@H]4[C@@H]5CC[C@H]6C[C@H](OCc7ccccc7)CC[C@]6(C)[C@H]5[C@@H](OCc5ccccc5)C[C@]4(C)[C@H]3[C@@]2(C)O)O1. The van der Waals surface area contributed by atoms with E-state index in [1.54, 1.807) is 0 Å². The van der Waals surface area contributed by atoms with Crippen molar-refractivity contribution in [1.82, 2.24) is 0 Å². The number of hydrogen-bond donors (Lipinski definition) is 1. The van der Waals surface area contributed by atoms with E-state index in [9.17, 15) is 5.11 Å². The van der Waals surface area contributed by atoms with E-state index in [4.69, 9.17) is 18.9 Å². The predicted molar refractivity (Wildman–Crippen MR) is 179 cm³/mol. The maximum absolute atomic E-state index is 12.5. The molecule has 0 radical (unpaired) electrons. The van der Waals surface area contributed by atoms with Gasteiger partial charge in [-0.05, 0) is 118 Å². The number of fused-ring (bicyclic) bond motifs is 7. The molecule has 1 spiro atoms. The first-order valence-corrected chi connectivity index (χ1v) is 18.4. The summed E-state index contributed by atoms with van der Waals surface area (Å²) >= 11 is 0. The number of hydrogen-bond acceptors (Lipinski definition) is 5. The Morgan fingerprint density at radius 2 is 1.43 bits per heavy atom. The molecule has 46 heavy (non-hydrogen) atoms. The molecule has 0 unspecified atom stereocenters. The zero-order chi connectivity index (χ0) is 32.0. The minimum absolute atomic E-state index is 0.0278. The first kappa shape index (κ1) is 31.5. The van der Waals surface area contributed by atoms with Gasteiger partial charge in [-0.2, -0.15) is 0 Å². The molecule has 12 atom stereocenters. The molecule has 6 aliphatic rings. The first-order chi connectivity index (χ1) is 21.9. The fourth-order valence-corrected chi connectivity index (χ4v) is 12.3. The van der Waals surface area contributed by atoms with Crippen molar-refractivity contribution >= 4 is 0 Å². The lowest BCUT2D eigenvalue weighted by molar-refractivity contribution is -0.300. The lowest BCUT2D eigenvalue weighted by Crippen LogP contribution is -2.62. The van der Waals surface area contributed by atoms with Gasteiger partial charge < -0.3 is 24.1 Å². The summed E-state index contributed by atoms with van der Waals surface area (Å²) in [6.45, 7) is 12.7. The normalized spacial score (nSPS) is 47.3. The number of ether oxygens (including phenoxy) is 4. The largest absolute Gasteiger partial charge is 0.384 e. The number of rotatable bonds is 6. The molecule has 2 aromatic carbocycles. The lowest BCUT2D eigenvalue weighted by atomic mass is 9.43. The second-order valence-corrected chi connectivity index (χ2v) is 17.4. The topological polar surface area (TPSA) is 57.2 Å². The van der Waals surface area contributed by atoms with E-state index in [-0.39, 0.29) is 34.6 Å². The Balaban J connectivity index is 1.08. The van der Waals surface area contributed by atoms with Crippen molar-refractivity contribution in [3.8, 4) is 0 Å². The average Bonchev–Trinajstić information content (AvgIpc) is 3.60. The Labute approximate surface area is 276 Å². The van der Waals surface area contributed by atoms with E-state index in [1.807, 2.05) is 6.92 Å². The van der Waals surface area contributed by atoms with Crippen LogP contribution in [0.15, 0.2) is 60.7 Å². The van der Waals surface area contributed by atoms with Gasteiger partial charge in [0.1, 0.15) is 5.60 Å². The quantitative estimate of drug-likeness (QED) is 0.348. The third-order valence-electron chi connectivity index (χ3n) is 14.4. The van der Waals surface area contributed by atoms with Gasteiger partial charge >= 0.3 is 0 Å². The highest BCUT2D eigenvalue weighted by Crippen LogP contribution is 2.73. The maximum atomic E-state index is 12.5. The summed E-state index contributed by atoms with van der Waals surface area (Å²) in [5.41, 5.74) is 1.33. The van der Waals surface area contributed by atoms with Crippen LogP contribution in [0.5, 0.6) is 0 Å². The summed E-state index contributed by atoms with van der Waals surface area (Å²) in [4.78, 5) is 0. The molecule has 2 saturated heterocycles. The van der Waals surface area contributed by atoms with Gasteiger partial charge in [0, 0.05) is 12.3 Å². The molecular weight excluding hydrogens is 572 g/mol. The molecule has 2 aliphatic heterocycles. The van der Waals surface area contributed by atoms with Crippen LogP contribution in [0.25, 0.3) is 0 Å². The van der Waals surface area contributed by atoms with Gasteiger partial charge in [0.15, 0.2) is 5.79 Å². The minimum atomic E-state index is -1.04. The Hall–Kier alpha value is -1.76. The van der Waals surface area contributed by atoms with Gasteiger partial charge in [-0.25, -0.2) is 0 Å². The van der Waals surface area contributed by atoms with Gasteiger partial charge in [-0.3, -0.25) is 0 Å². The zero-order valence-corrected chi connectivity index (χ0v) is 28.8. The van der Waals surface area contributed by atoms with Gasteiger partial charge in [-0.15, -0.1) is 0 Å². The van der Waals surface area contributed by atoms with Gasteiger partial charge in [0.2, 0.25) is 0 Å². The van der Waals surface area contributed by atoms with Crippen molar-refractivity contribution in [3.63, 3.8) is 0 Å². The average molecular weight is 629 g/mol. The summed E-state index contributed by atoms with van der Waals surface area (Å²) in [6, 6.07) is 21.3. The Kier molecular flexibility index (Phi) is 7.63. The van der Waals surface area contributed by atoms with Crippen LogP contribution in [0.4, 0.5) is 0 Å². The molecule has 0 aromatic heterocycles. The molecule has 6 fully saturated rings. The highest BCUT2D eigenvalue weighted by molar-refractivity contribution is 5.23. The van der Waals surface area contributed by atoms with E-state index in [0.717, 1.165) is 38.5 Å². The van der Waals surface area contributed by atoms with Crippen LogP contribution in [0.2, 0.25) is 0 Å². The van der Waals surface area contributed by atoms with Gasteiger partial charge in [-0.1, -0.05) is 74.5 Å². The van der Waals surface area contributed by atoms with Crippen LogP contribution < -0.4 is 0 Å².